The highest BCUT2D eigenvalue weighted by Crippen LogP contribution is 2.29. The van der Waals surface area contributed by atoms with Gasteiger partial charge >= 0.3 is 5.97 Å². The van der Waals surface area contributed by atoms with Gasteiger partial charge in [0.15, 0.2) is 11.5 Å². The standard InChI is InChI=1S/C23H29ClN4O4S/c1-14(2)20(25)22(31)32-13-28-9-10-33-23(28)27-21(30)16-7-8-18(17(24)12-16)26-19(29)11-15-5-3-4-6-15/h7-10,12,14-15,20H,3-6,11,13,25H2,1-2H3,(H,26,29)/b27-23-. The summed E-state index contributed by atoms with van der Waals surface area (Å²) in [7, 11) is 0. The van der Waals surface area contributed by atoms with Gasteiger partial charge in [0, 0.05) is 23.6 Å². The van der Waals surface area contributed by atoms with Crippen molar-refractivity contribution in [1.29, 1.82) is 0 Å². The third-order valence-corrected chi connectivity index (χ3v) is 6.74. The van der Waals surface area contributed by atoms with E-state index in [1.807, 2.05) is 13.8 Å². The minimum atomic E-state index is -0.717. The lowest BCUT2D eigenvalue weighted by atomic mass is 10.0. The van der Waals surface area contributed by atoms with E-state index in [4.69, 9.17) is 22.1 Å². The maximum Gasteiger partial charge on any atom is 0.324 e. The molecule has 1 fully saturated rings. The Kier molecular flexibility index (Phi) is 8.82. The molecular formula is C23H29ClN4O4S. The Bertz CT molecular complexity index is 1070. The van der Waals surface area contributed by atoms with Gasteiger partial charge in [0.25, 0.3) is 5.91 Å². The van der Waals surface area contributed by atoms with Gasteiger partial charge in [-0.3, -0.25) is 19.0 Å². The fraction of sp³-hybridized carbons (Fsp3) is 0.478. The second-order valence-corrected chi connectivity index (χ2v) is 9.81. The van der Waals surface area contributed by atoms with Crippen LogP contribution in [0.4, 0.5) is 5.69 Å². The van der Waals surface area contributed by atoms with Crippen LogP contribution in [0.2, 0.25) is 5.02 Å². The third kappa shape index (κ3) is 6.99. The van der Waals surface area contributed by atoms with Crippen LogP contribution in [-0.2, 0) is 21.1 Å². The van der Waals surface area contributed by atoms with Crippen LogP contribution in [0, 0.1) is 11.8 Å². The number of carbonyl (C=O) groups excluding carboxylic acids is 3. The first-order valence-electron chi connectivity index (χ1n) is 11.0. The van der Waals surface area contributed by atoms with E-state index < -0.39 is 17.9 Å². The Morgan fingerprint density at radius 3 is 2.70 bits per heavy atom. The summed E-state index contributed by atoms with van der Waals surface area (Å²) in [6.07, 6.45) is 6.68. The molecule has 0 saturated heterocycles. The Morgan fingerprint density at radius 1 is 1.30 bits per heavy atom. The summed E-state index contributed by atoms with van der Waals surface area (Å²) in [6, 6.07) is 3.95. The number of thiazole rings is 1. The third-order valence-electron chi connectivity index (χ3n) is 5.63. The number of nitrogens with one attached hydrogen (secondary N) is 1. The quantitative estimate of drug-likeness (QED) is 0.541. The van der Waals surface area contributed by atoms with Gasteiger partial charge in [0.2, 0.25) is 5.91 Å². The lowest BCUT2D eigenvalue weighted by Gasteiger charge is -2.14. The predicted molar refractivity (Wildman–Crippen MR) is 128 cm³/mol. The molecule has 0 spiro atoms. The fourth-order valence-electron chi connectivity index (χ4n) is 3.57. The summed E-state index contributed by atoms with van der Waals surface area (Å²) < 4.78 is 6.78. The number of anilines is 1. The van der Waals surface area contributed by atoms with Crippen LogP contribution in [0.3, 0.4) is 0 Å². The van der Waals surface area contributed by atoms with Crippen molar-refractivity contribution in [1.82, 2.24) is 4.57 Å². The summed E-state index contributed by atoms with van der Waals surface area (Å²) in [4.78, 5) is 41.4. The van der Waals surface area contributed by atoms with Crippen molar-refractivity contribution in [2.24, 2.45) is 22.6 Å². The van der Waals surface area contributed by atoms with Crippen molar-refractivity contribution < 1.29 is 19.1 Å². The van der Waals surface area contributed by atoms with Crippen LogP contribution in [0.5, 0.6) is 0 Å². The Hall–Kier alpha value is -2.49. The zero-order valence-corrected chi connectivity index (χ0v) is 20.3. The van der Waals surface area contributed by atoms with Gasteiger partial charge in [0.1, 0.15) is 6.04 Å². The maximum atomic E-state index is 12.7. The molecule has 178 valence electrons. The van der Waals surface area contributed by atoms with E-state index >= 15 is 0 Å². The van der Waals surface area contributed by atoms with Crippen LogP contribution in [0.15, 0.2) is 34.8 Å². The lowest BCUT2D eigenvalue weighted by molar-refractivity contribution is -0.150. The van der Waals surface area contributed by atoms with E-state index in [9.17, 15) is 14.4 Å². The summed E-state index contributed by atoms with van der Waals surface area (Å²) in [5.74, 6) is -0.698. The number of amides is 2. The van der Waals surface area contributed by atoms with Gasteiger partial charge in [0.05, 0.1) is 10.7 Å². The van der Waals surface area contributed by atoms with E-state index in [1.54, 1.807) is 28.3 Å². The monoisotopic (exact) mass is 492 g/mol. The molecule has 10 heteroatoms. The average molecular weight is 493 g/mol. The van der Waals surface area contributed by atoms with Crippen molar-refractivity contribution in [3.63, 3.8) is 0 Å². The SMILES string of the molecule is CC(C)C(N)C(=O)OCn1ccs/c1=N\C(=O)c1ccc(NC(=O)CC2CCCC2)c(Cl)c1. The van der Waals surface area contributed by atoms with Crippen LogP contribution >= 0.6 is 22.9 Å². The highest BCUT2D eigenvalue weighted by atomic mass is 35.5. The van der Waals surface area contributed by atoms with Gasteiger partial charge in [-0.2, -0.15) is 4.99 Å². The average Bonchev–Trinajstić information content (AvgIpc) is 3.44. The first kappa shape index (κ1) is 25.1. The predicted octanol–water partition coefficient (Wildman–Crippen LogP) is 3.95. The normalized spacial score (nSPS) is 15.6. The molecule has 3 N–H and O–H groups in total. The van der Waals surface area contributed by atoms with Crippen molar-refractivity contribution in [2.45, 2.75) is 58.7 Å². The molecule has 1 unspecified atom stereocenters. The summed E-state index contributed by atoms with van der Waals surface area (Å²) in [5.41, 5.74) is 6.55. The molecule has 1 saturated carbocycles. The number of ether oxygens (including phenoxy) is 1. The Balaban J connectivity index is 1.64. The van der Waals surface area contributed by atoms with Crippen LogP contribution < -0.4 is 15.9 Å². The number of nitrogens with zero attached hydrogens (tertiary/aromatic N) is 2. The molecule has 2 amide bonds. The van der Waals surface area contributed by atoms with E-state index in [-0.39, 0.29) is 29.1 Å². The van der Waals surface area contributed by atoms with Crippen LogP contribution in [0.1, 0.15) is 56.3 Å². The Morgan fingerprint density at radius 2 is 2.03 bits per heavy atom. The van der Waals surface area contributed by atoms with E-state index in [1.165, 1.54) is 30.2 Å². The number of nitrogens with two attached hydrogens (primary N) is 1. The molecule has 1 aromatic carbocycles. The molecule has 1 atom stereocenters. The zero-order valence-electron chi connectivity index (χ0n) is 18.8. The maximum absolute atomic E-state index is 12.7. The minimum Gasteiger partial charge on any atom is -0.443 e. The first-order chi connectivity index (χ1) is 15.7. The summed E-state index contributed by atoms with van der Waals surface area (Å²) >= 11 is 7.54. The van der Waals surface area contributed by atoms with Crippen molar-refractivity contribution in [3.8, 4) is 0 Å². The highest BCUT2D eigenvalue weighted by Gasteiger charge is 2.20. The van der Waals surface area contributed by atoms with Crippen LogP contribution in [0.25, 0.3) is 0 Å². The molecule has 0 aliphatic heterocycles. The number of rotatable bonds is 8. The molecule has 1 heterocycles. The molecule has 0 radical (unpaired) electrons. The summed E-state index contributed by atoms with van der Waals surface area (Å²) in [6.45, 7) is 3.57. The summed E-state index contributed by atoms with van der Waals surface area (Å²) in [5, 5.41) is 4.83. The molecule has 1 aromatic heterocycles. The first-order valence-corrected chi connectivity index (χ1v) is 12.2. The fourth-order valence-corrected chi connectivity index (χ4v) is 4.51. The second kappa shape index (κ2) is 11.6. The number of carbonyl (C=O) groups is 3. The number of halogens is 1. The number of aromatic nitrogens is 1. The topological polar surface area (TPSA) is 116 Å². The minimum absolute atomic E-state index is 0.0454. The number of esters is 1. The van der Waals surface area contributed by atoms with Gasteiger partial charge < -0.3 is 15.8 Å². The van der Waals surface area contributed by atoms with Gasteiger partial charge in [-0.1, -0.05) is 38.3 Å². The van der Waals surface area contributed by atoms with Gasteiger partial charge in [-0.15, -0.1) is 11.3 Å². The molecule has 3 rings (SSSR count). The van der Waals surface area contributed by atoms with E-state index in [2.05, 4.69) is 10.3 Å². The zero-order chi connectivity index (χ0) is 24.0. The second-order valence-electron chi connectivity index (χ2n) is 8.53. The highest BCUT2D eigenvalue weighted by molar-refractivity contribution is 7.07. The number of benzene rings is 1. The van der Waals surface area contributed by atoms with Gasteiger partial charge in [-0.25, -0.2) is 0 Å². The largest absolute Gasteiger partial charge is 0.443 e. The number of hydrogen-bond acceptors (Lipinski definition) is 6. The molecule has 33 heavy (non-hydrogen) atoms. The van der Waals surface area contributed by atoms with Crippen molar-refractivity contribution >= 4 is 46.4 Å². The molecular weight excluding hydrogens is 464 g/mol. The van der Waals surface area contributed by atoms with Crippen molar-refractivity contribution in [3.05, 3.63) is 45.2 Å². The molecule has 8 nitrogen and oxygen atoms in total. The Labute approximate surface area is 201 Å². The molecule has 1 aliphatic carbocycles. The molecule has 1 aliphatic rings. The van der Waals surface area contributed by atoms with E-state index in [0.717, 1.165) is 12.8 Å². The van der Waals surface area contributed by atoms with Gasteiger partial charge in [-0.05, 0) is 42.9 Å². The smallest absolute Gasteiger partial charge is 0.324 e. The molecule has 2 aromatic rings. The molecule has 0 bridgehead atoms. The van der Waals surface area contributed by atoms with E-state index in [0.29, 0.717) is 22.8 Å². The van der Waals surface area contributed by atoms with Crippen molar-refractivity contribution in [2.75, 3.05) is 5.32 Å². The lowest BCUT2D eigenvalue weighted by Crippen LogP contribution is -2.37. The number of hydrogen-bond donors (Lipinski definition) is 2. The van der Waals surface area contributed by atoms with Crippen LogP contribution in [-0.4, -0.2) is 28.4 Å².